The second-order valence-corrected chi connectivity index (χ2v) is 7.57. The minimum atomic E-state index is -0.558. The number of benzene rings is 2. The number of nitrogens with zero attached hydrogens (tertiary/aromatic N) is 2. The molecule has 0 aromatic heterocycles. The van der Waals surface area contributed by atoms with Crippen LogP contribution in [-0.2, 0) is 6.54 Å². The van der Waals surface area contributed by atoms with E-state index in [9.17, 15) is 14.9 Å². The quantitative estimate of drug-likeness (QED) is 0.203. The number of ether oxygens (including phenoxy) is 2. The zero-order chi connectivity index (χ0) is 24.0. The van der Waals surface area contributed by atoms with Crippen LogP contribution in [0.4, 0.5) is 11.4 Å². The van der Waals surface area contributed by atoms with Crippen LogP contribution in [0, 0.1) is 15.5 Å². The molecule has 2 aromatic carbocycles. The van der Waals surface area contributed by atoms with Gasteiger partial charge in [0.15, 0.2) is 17.5 Å². The lowest BCUT2D eigenvalue weighted by Crippen LogP contribution is -2.49. The first-order valence-corrected chi connectivity index (χ1v) is 10.5. The third-order valence-electron chi connectivity index (χ3n) is 5.53. The van der Waals surface area contributed by atoms with Crippen LogP contribution in [0.2, 0.25) is 0 Å². The van der Waals surface area contributed by atoms with E-state index in [1.165, 1.54) is 32.4 Å². The van der Waals surface area contributed by atoms with Gasteiger partial charge in [0.05, 0.1) is 30.4 Å². The molecule has 1 amide bonds. The predicted molar refractivity (Wildman–Crippen MR) is 124 cm³/mol. The van der Waals surface area contributed by atoms with Crippen LogP contribution in [0.3, 0.4) is 0 Å². The molecular formula is C22H28N6O5. The normalized spacial score (nSPS) is 13.8. The van der Waals surface area contributed by atoms with Crippen molar-refractivity contribution in [2.75, 3.05) is 32.2 Å². The molecule has 0 spiro atoms. The number of carbonyl (C=O) groups is 1. The van der Waals surface area contributed by atoms with Crippen molar-refractivity contribution in [1.29, 1.82) is 5.41 Å². The molecule has 5 N–H and O–H groups in total. The van der Waals surface area contributed by atoms with E-state index in [4.69, 9.17) is 20.6 Å². The smallest absolute Gasteiger partial charge is 0.270 e. The summed E-state index contributed by atoms with van der Waals surface area (Å²) in [7, 11) is 3.05. The van der Waals surface area contributed by atoms with Gasteiger partial charge in [0.2, 0.25) is 0 Å². The van der Waals surface area contributed by atoms with Gasteiger partial charge in [-0.15, -0.1) is 0 Å². The largest absolute Gasteiger partial charge is 0.493 e. The van der Waals surface area contributed by atoms with E-state index < -0.39 is 10.8 Å². The first kappa shape index (κ1) is 23.8. The second kappa shape index (κ2) is 10.6. The number of nitrogens with one attached hydrogen (secondary N) is 3. The maximum atomic E-state index is 13.2. The number of methoxy groups -OCH3 is 2. The number of hydrogen-bond acceptors (Lipinski definition) is 7. The first-order valence-electron chi connectivity index (χ1n) is 10.5. The molecule has 11 nitrogen and oxygen atoms in total. The third kappa shape index (κ3) is 5.50. The monoisotopic (exact) mass is 456 g/mol. The Kier molecular flexibility index (Phi) is 7.67. The fraction of sp³-hybridized carbons (Fsp3) is 0.364. The minimum Gasteiger partial charge on any atom is -0.493 e. The second-order valence-electron chi connectivity index (χ2n) is 7.57. The Morgan fingerprint density at radius 3 is 2.52 bits per heavy atom. The van der Waals surface area contributed by atoms with E-state index in [0.29, 0.717) is 17.2 Å². The van der Waals surface area contributed by atoms with Gasteiger partial charge in [-0.25, -0.2) is 0 Å². The number of carbonyl (C=O) groups excluding carboxylic acids is 1. The number of nitrogens with two attached hydrogens (primary N) is 1. The van der Waals surface area contributed by atoms with E-state index in [-0.39, 0.29) is 29.8 Å². The number of nitro groups is 1. The molecule has 176 valence electrons. The molecule has 1 aliphatic rings. The SMILES string of the molecule is COc1ccc(CNC(=O)c2cc([N+](=O)[O-])ccc2N(C(=N)N)C2CCNCC2)cc1OC. The summed E-state index contributed by atoms with van der Waals surface area (Å²) in [6, 6.07) is 9.17. The van der Waals surface area contributed by atoms with E-state index in [1.807, 2.05) is 0 Å². The molecule has 1 saturated heterocycles. The number of hydrogen-bond donors (Lipinski definition) is 4. The van der Waals surface area contributed by atoms with Gasteiger partial charge in [0.25, 0.3) is 11.6 Å². The number of non-ortho nitro benzene ring substituents is 1. The van der Waals surface area contributed by atoms with Crippen LogP contribution in [0.5, 0.6) is 11.5 Å². The Morgan fingerprint density at radius 1 is 1.21 bits per heavy atom. The predicted octanol–water partition coefficient (Wildman–Crippen LogP) is 1.99. The Balaban J connectivity index is 1.91. The Bertz CT molecular complexity index is 1040. The van der Waals surface area contributed by atoms with Crippen molar-refractivity contribution in [1.82, 2.24) is 10.6 Å². The molecule has 33 heavy (non-hydrogen) atoms. The van der Waals surface area contributed by atoms with Crippen molar-refractivity contribution < 1.29 is 19.2 Å². The molecule has 0 bridgehead atoms. The highest BCUT2D eigenvalue weighted by Gasteiger charge is 2.28. The summed E-state index contributed by atoms with van der Waals surface area (Å²) in [5.41, 5.74) is 6.88. The van der Waals surface area contributed by atoms with E-state index in [2.05, 4.69) is 10.6 Å². The molecule has 1 heterocycles. The summed E-state index contributed by atoms with van der Waals surface area (Å²) in [5, 5.41) is 25.5. The topological polar surface area (TPSA) is 156 Å². The summed E-state index contributed by atoms with van der Waals surface area (Å²) in [6.45, 7) is 1.67. The van der Waals surface area contributed by atoms with E-state index in [1.54, 1.807) is 23.1 Å². The molecule has 1 fully saturated rings. The standard InChI is InChI=1S/C22H28N6O5/c1-32-19-6-3-14(11-20(19)33-2)13-26-21(29)17-12-16(28(30)31)4-5-18(17)27(22(23)24)15-7-9-25-10-8-15/h3-6,11-12,15,25H,7-10,13H2,1-2H3,(H3,23,24)(H,26,29). The highest BCUT2D eigenvalue weighted by molar-refractivity contribution is 6.05. The Labute approximate surface area is 191 Å². The van der Waals surface area contributed by atoms with Crippen LogP contribution in [0.25, 0.3) is 0 Å². The van der Waals surface area contributed by atoms with Crippen molar-refractivity contribution in [2.24, 2.45) is 5.73 Å². The van der Waals surface area contributed by atoms with Crippen molar-refractivity contribution in [2.45, 2.75) is 25.4 Å². The highest BCUT2D eigenvalue weighted by Crippen LogP contribution is 2.30. The number of guanidine groups is 1. The lowest BCUT2D eigenvalue weighted by Gasteiger charge is -2.35. The van der Waals surface area contributed by atoms with Crippen molar-refractivity contribution >= 4 is 23.2 Å². The number of anilines is 1. The molecule has 0 unspecified atom stereocenters. The Hall–Kier alpha value is -3.86. The van der Waals surface area contributed by atoms with Gasteiger partial charge in [-0.2, -0.15) is 0 Å². The van der Waals surface area contributed by atoms with Crippen molar-refractivity contribution in [3.8, 4) is 11.5 Å². The summed E-state index contributed by atoms with van der Waals surface area (Å²) >= 11 is 0. The van der Waals surface area contributed by atoms with Crippen LogP contribution in [0.1, 0.15) is 28.8 Å². The van der Waals surface area contributed by atoms with Gasteiger partial charge in [-0.1, -0.05) is 6.07 Å². The molecule has 0 radical (unpaired) electrons. The molecule has 0 aliphatic carbocycles. The number of amides is 1. The molecule has 0 atom stereocenters. The average molecular weight is 457 g/mol. The van der Waals surface area contributed by atoms with Gasteiger partial charge in [0.1, 0.15) is 0 Å². The van der Waals surface area contributed by atoms with Gasteiger partial charge < -0.3 is 30.7 Å². The molecular weight excluding hydrogens is 428 g/mol. The first-order chi connectivity index (χ1) is 15.8. The van der Waals surface area contributed by atoms with E-state index in [0.717, 1.165) is 31.5 Å². The number of rotatable bonds is 8. The number of nitro benzene ring substituents is 1. The van der Waals surface area contributed by atoms with Crippen LogP contribution in [-0.4, -0.2) is 50.1 Å². The molecule has 1 aliphatic heterocycles. The van der Waals surface area contributed by atoms with Crippen LogP contribution >= 0.6 is 0 Å². The summed E-state index contributed by atoms with van der Waals surface area (Å²) in [6.07, 6.45) is 1.45. The highest BCUT2D eigenvalue weighted by atomic mass is 16.6. The maximum Gasteiger partial charge on any atom is 0.270 e. The lowest BCUT2D eigenvalue weighted by atomic mass is 10.0. The zero-order valence-electron chi connectivity index (χ0n) is 18.6. The molecule has 0 saturated carbocycles. The third-order valence-corrected chi connectivity index (χ3v) is 5.53. The molecule has 3 rings (SSSR count). The fourth-order valence-corrected chi connectivity index (χ4v) is 3.89. The average Bonchev–Trinajstić information content (AvgIpc) is 2.82. The minimum absolute atomic E-state index is 0.0819. The summed E-state index contributed by atoms with van der Waals surface area (Å²) < 4.78 is 10.5. The molecule has 11 heteroatoms. The molecule has 2 aromatic rings. The number of piperidine rings is 1. The van der Waals surface area contributed by atoms with Crippen molar-refractivity contribution in [3.63, 3.8) is 0 Å². The zero-order valence-corrected chi connectivity index (χ0v) is 18.6. The summed E-state index contributed by atoms with van der Waals surface area (Å²) in [5.74, 6) is 0.356. The van der Waals surface area contributed by atoms with Gasteiger partial charge in [-0.3, -0.25) is 20.3 Å². The summed E-state index contributed by atoms with van der Waals surface area (Å²) in [4.78, 5) is 25.5. The van der Waals surface area contributed by atoms with E-state index >= 15 is 0 Å². The Morgan fingerprint density at radius 2 is 1.91 bits per heavy atom. The fourth-order valence-electron chi connectivity index (χ4n) is 3.89. The maximum absolute atomic E-state index is 13.2. The van der Waals surface area contributed by atoms with Crippen molar-refractivity contribution in [3.05, 3.63) is 57.6 Å². The van der Waals surface area contributed by atoms with Gasteiger partial charge in [0, 0.05) is 24.7 Å². The van der Waals surface area contributed by atoms with Crippen LogP contribution < -0.4 is 30.7 Å². The van der Waals surface area contributed by atoms with Crippen LogP contribution in [0.15, 0.2) is 36.4 Å². The lowest BCUT2D eigenvalue weighted by molar-refractivity contribution is -0.384. The van der Waals surface area contributed by atoms with Gasteiger partial charge in [-0.05, 0) is 49.7 Å². The van der Waals surface area contributed by atoms with Gasteiger partial charge >= 0.3 is 0 Å².